The van der Waals surface area contributed by atoms with Gasteiger partial charge in [-0.1, -0.05) is 18.2 Å². The molecule has 0 aromatic heterocycles. The van der Waals surface area contributed by atoms with E-state index in [9.17, 15) is 4.57 Å². The van der Waals surface area contributed by atoms with Crippen LogP contribution in [0, 0.1) is 0 Å². The summed E-state index contributed by atoms with van der Waals surface area (Å²) in [5.41, 5.74) is 0.869. The van der Waals surface area contributed by atoms with Crippen molar-refractivity contribution in [3.05, 3.63) is 29.8 Å². The molecule has 1 aliphatic rings. The molecular formula is C9H9O4P. The van der Waals surface area contributed by atoms with Gasteiger partial charge in [0.25, 0.3) is 0 Å². The topological polar surface area (TPSA) is 44.8 Å². The van der Waals surface area contributed by atoms with Gasteiger partial charge in [-0.15, -0.1) is 0 Å². The molecule has 1 saturated heterocycles. The standard InChI is InChI=1S/C9H9O4P/c10-14-13-9-4-2-1-3-7(9)8-5-6-11-12-8/h1-4,8H,5-6H2. The summed E-state index contributed by atoms with van der Waals surface area (Å²) in [5.74, 6) is 0.569. The Hall–Kier alpha value is -0.960. The highest BCUT2D eigenvalue weighted by atomic mass is 31.1. The fraction of sp³-hybridized carbons (Fsp3) is 0.333. The van der Waals surface area contributed by atoms with Crippen molar-refractivity contribution in [2.24, 2.45) is 0 Å². The van der Waals surface area contributed by atoms with Gasteiger partial charge < -0.3 is 4.52 Å². The van der Waals surface area contributed by atoms with Crippen molar-refractivity contribution in [1.29, 1.82) is 0 Å². The lowest BCUT2D eigenvalue weighted by Gasteiger charge is -2.10. The van der Waals surface area contributed by atoms with E-state index in [1.165, 1.54) is 0 Å². The Labute approximate surface area is 83.0 Å². The number of benzene rings is 1. The number of rotatable bonds is 3. The number of hydrogen-bond acceptors (Lipinski definition) is 4. The smallest absolute Gasteiger partial charge is 0.395 e. The normalized spacial score (nSPS) is 21.3. The van der Waals surface area contributed by atoms with Crippen molar-refractivity contribution in [1.82, 2.24) is 0 Å². The Morgan fingerprint density at radius 3 is 3.00 bits per heavy atom. The Morgan fingerprint density at radius 1 is 1.43 bits per heavy atom. The van der Waals surface area contributed by atoms with Gasteiger partial charge in [0.2, 0.25) is 0 Å². The highest BCUT2D eigenvalue weighted by Crippen LogP contribution is 2.34. The van der Waals surface area contributed by atoms with Crippen LogP contribution in [0.25, 0.3) is 0 Å². The molecule has 5 heteroatoms. The molecule has 4 nitrogen and oxygen atoms in total. The van der Waals surface area contributed by atoms with Gasteiger partial charge in [-0.3, -0.25) is 0 Å². The summed E-state index contributed by atoms with van der Waals surface area (Å²) in [6.45, 7) is 0.577. The predicted octanol–water partition coefficient (Wildman–Crippen LogP) is 2.67. The minimum absolute atomic E-state index is 0.118. The van der Waals surface area contributed by atoms with Crippen molar-refractivity contribution in [2.45, 2.75) is 12.5 Å². The third-order valence-corrected chi connectivity index (χ3v) is 2.32. The van der Waals surface area contributed by atoms with Gasteiger partial charge in [-0.25, -0.2) is 14.3 Å². The number of hydrogen-bond donors (Lipinski definition) is 0. The monoisotopic (exact) mass is 212 g/mol. The Balaban J connectivity index is 2.25. The summed E-state index contributed by atoms with van der Waals surface area (Å²) in [6, 6.07) is 7.33. The Bertz CT molecular complexity index is 322. The fourth-order valence-electron chi connectivity index (χ4n) is 1.41. The molecule has 1 fully saturated rings. The van der Waals surface area contributed by atoms with Crippen molar-refractivity contribution in [2.75, 3.05) is 6.61 Å². The first kappa shape index (κ1) is 9.59. The van der Waals surface area contributed by atoms with Crippen molar-refractivity contribution in [3.63, 3.8) is 0 Å². The quantitative estimate of drug-likeness (QED) is 0.570. The molecule has 1 aromatic carbocycles. The lowest BCUT2D eigenvalue weighted by molar-refractivity contribution is -0.276. The van der Waals surface area contributed by atoms with E-state index in [1.807, 2.05) is 18.2 Å². The summed E-state index contributed by atoms with van der Waals surface area (Å²) in [4.78, 5) is 9.85. The SMILES string of the molecule is O=POc1ccccc1C1CCOO1. The van der Waals surface area contributed by atoms with Crippen LogP contribution < -0.4 is 4.52 Å². The van der Waals surface area contributed by atoms with Crippen LogP contribution in [-0.2, 0) is 14.3 Å². The second-order valence-corrected chi connectivity index (χ2v) is 3.23. The zero-order chi connectivity index (χ0) is 9.80. The van der Waals surface area contributed by atoms with Gasteiger partial charge in [0.15, 0.2) is 0 Å². The molecule has 1 aromatic rings. The van der Waals surface area contributed by atoms with Crippen LogP contribution >= 0.6 is 8.69 Å². The third-order valence-electron chi connectivity index (χ3n) is 2.05. The molecule has 0 saturated carbocycles. The van der Waals surface area contributed by atoms with E-state index >= 15 is 0 Å². The molecule has 0 aliphatic carbocycles. The second kappa shape index (κ2) is 4.51. The van der Waals surface area contributed by atoms with E-state index in [1.54, 1.807) is 6.07 Å². The molecule has 0 N–H and O–H groups in total. The van der Waals surface area contributed by atoms with Crippen LogP contribution in [0.1, 0.15) is 18.1 Å². The van der Waals surface area contributed by atoms with Gasteiger partial charge >= 0.3 is 8.69 Å². The first-order valence-electron chi connectivity index (χ1n) is 4.28. The zero-order valence-corrected chi connectivity index (χ0v) is 8.28. The molecule has 1 unspecified atom stereocenters. The largest absolute Gasteiger partial charge is 0.407 e. The highest BCUT2D eigenvalue weighted by Gasteiger charge is 2.22. The van der Waals surface area contributed by atoms with Crippen LogP contribution in [0.2, 0.25) is 0 Å². The van der Waals surface area contributed by atoms with Crippen LogP contribution in [0.4, 0.5) is 0 Å². The Morgan fingerprint density at radius 2 is 2.29 bits per heavy atom. The fourth-order valence-corrected chi connectivity index (χ4v) is 1.66. The molecule has 0 amide bonds. The van der Waals surface area contributed by atoms with Crippen molar-refractivity contribution in [3.8, 4) is 5.75 Å². The van der Waals surface area contributed by atoms with E-state index in [2.05, 4.69) is 0 Å². The molecule has 1 heterocycles. The van der Waals surface area contributed by atoms with E-state index < -0.39 is 0 Å². The second-order valence-electron chi connectivity index (χ2n) is 2.90. The van der Waals surface area contributed by atoms with Crippen molar-refractivity contribution < 1.29 is 18.9 Å². The average molecular weight is 212 g/mol. The van der Waals surface area contributed by atoms with Crippen LogP contribution in [0.5, 0.6) is 5.75 Å². The molecule has 0 spiro atoms. The average Bonchev–Trinajstić information content (AvgIpc) is 2.72. The summed E-state index contributed by atoms with van der Waals surface area (Å²) in [7, 11) is -0.359. The maximum Gasteiger partial charge on any atom is 0.395 e. The molecule has 2 rings (SSSR count). The van der Waals surface area contributed by atoms with E-state index in [0.29, 0.717) is 12.4 Å². The van der Waals surface area contributed by atoms with Crippen LogP contribution in [0.15, 0.2) is 24.3 Å². The molecular weight excluding hydrogens is 203 g/mol. The molecule has 0 radical (unpaired) electrons. The molecule has 0 bridgehead atoms. The minimum Gasteiger partial charge on any atom is -0.407 e. The first-order chi connectivity index (χ1) is 6.92. The van der Waals surface area contributed by atoms with Crippen molar-refractivity contribution >= 4 is 8.69 Å². The highest BCUT2D eigenvalue weighted by molar-refractivity contribution is 7.17. The summed E-state index contributed by atoms with van der Waals surface area (Å²) in [5, 5.41) is 0. The molecule has 74 valence electrons. The molecule has 14 heavy (non-hydrogen) atoms. The first-order valence-corrected chi connectivity index (χ1v) is 5.01. The van der Waals surface area contributed by atoms with Gasteiger partial charge in [0.1, 0.15) is 11.9 Å². The van der Waals surface area contributed by atoms with E-state index in [-0.39, 0.29) is 14.8 Å². The lowest BCUT2D eigenvalue weighted by Crippen LogP contribution is -1.97. The van der Waals surface area contributed by atoms with Gasteiger partial charge in [0.05, 0.1) is 6.61 Å². The van der Waals surface area contributed by atoms with E-state index in [0.717, 1.165) is 12.0 Å². The number of para-hydroxylation sites is 1. The summed E-state index contributed by atoms with van der Waals surface area (Å²) < 4.78 is 15.3. The predicted molar refractivity (Wildman–Crippen MR) is 49.1 cm³/mol. The Kier molecular flexibility index (Phi) is 3.09. The minimum atomic E-state index is -0.359. The summed E-state index contributed by atoms with van der Waals surface area (Å²) in [6.07, 6.45) is 0.670. The molecule has 1 aliphatic heterocycles. The third kappa shape index (κ3) is 1.93. The van der Waals surface area contributed by atoms with Crippen LogP contribution in [-0.4, -0.2) is 6.61 Å². The van der Waals surface area contributed by atoms with Crippen LogP contribution in [0.3, 0.4) is 0 Å². The maximum atomic E-state index is 10.3. The van der Waals surface area contributed by atoms with E-state index in [4.69, 9.17) is 14.3 Å². The lowest BCUT2D eigenvalue weighted by atomic mass is 10.1. The van der Waals surface area contributed by atoms with Gasteiger partial charge in [-0.2, -0.15) is 0 Å². The summed E-state index contributed by atoms with van der Waals surface area (Å²) >= 11 is 0. The maximum absolute atomic E-state index is 10.3. The van der Waals surface area contributed by atoms with Gasteiger partial charge in [-0.05, 0) is 6.07 Å². The molecule has 1 atom stereocenters. The van der Waals surface area contributed by atoms with Gasteiger partial charge in [0, 0.05) is 12.0 Å². The zero-order valence-electron chi connectivity index (χ0n) is 7.38.